The third kappa shape index (κ3) is 4.11. The van der Waals surface area contributed by atoms with Crippen LogP contribution >= 0.6 is 11.3 Å². The summed E-state index contributed by atoms with van der Waals surface area (Å²) < 4.78 is 2.10. The highest BCUT2D eigenvalue weighted by atomic mass is 32.1. The monoisotopic (exact) mass is 324 g/mol. The number of rotatable bonds is 6. The summed E-state index contributed by atoms with van der Waals surface area (Å²) >= 11 is 1.66. The smallest absolute Gasteiger partial charge is 0.222 e. The van der Waals surface area contributed by atoms with E-state index in [0.29, 0.717) is 13.0 Å². The number of benzene rings is 1. The van der Waals surface area contributed by atoms with Gasteiger partial charge in [0.25, 0.3) is 0 Å². The van der Waals surface area contributed by atoms with Crippen LogP contribution in [0.5, 0.6) is 0 Å². The Balaban J connectivity index is 1.72. The Morgan fingerprint density at radius 3 is 2.70 bits per heavy atom. The van der Waals surface area contributed by atoms with Crippen molar-refractivity contribution in [2.45, 2.75) is 25.9 Å². The van der Waals surface area contributed by atoms with Gasteiger partial charge in [-0.2, -0.15) is 0 Å². The van der Waals surface area contributed by atoms with Crippen LogP contribution in [-0.2, 0) is 11.3 Å². The topological polar surface area (TPSA) is 34.0 Å². The average Bonchev–Trinajstić information content (AvgIpc) is 3.24. The zero-order valence-corrected chi connectivity index (χ0v) is 13.9. The van der Waals surface area contributed by atoms with Crippen molar-refractivity contribution in [3.05, 3.63) is 82.3 Å². The van der Waals surface area contributed by atoms with Gasteiger partial charge in [-0.3, -0.25) is 4.79 Å². The van der Waals surface area contributed by atoms with Crippen LogP contribution in [0.1, 0.15) is 28.5 Å². The molecule has 118 valence electrons. The molecule has 0 unspecified atom stereocenters. The summed E-state index contributed by atoms with van der Waals surface area (Å²) in [6.07, 6.45) is 4.46. The molecule has 0 aliphatic rings. The summed E-state index contributed by atoms with van der Waals surface area (Å²) in [6, 6.07) is 16.4. The van der Waals surface area contributed by atoms with Gasteiger partial charge in [-0.15, -0.1) is 11.3 Å². The van der Waals surface area contributed by atoms with E-state index in [1.54, 1.807) is 11.3 Å². The minimum Gasteiger partial charge on any atom is -0.351 e. The Bertz CT molecular complexity index is 748. The second kappa shape index (κ2) is 7.29. The molecule has 3 nitrogen and oxygen atoms in total. The third-order valence-electron chi connectivity index (χ3n) is 3.83. The van der Waals surface area contributed by atoms with Gasteiger partial charge in [-0.1, -0.05) is 35.9 Å². The number of hydrogen-bond acceptors (Lipinski definition) is 2. The molecule has 2 aromatic heterocycles. The molecule has 1 atom stereocenters. The fourth-order valence-corrected chi connectivity index (χ4v) is 3.32. The average molecular weight is 324 g/mol. The zero-order chi connectivity index (χ0) is 16.1. The van der Waals surface area contributed by atoms with E-state index in [0.717, 1.165) is 5.56 Å². The molecule has 0 radical (unpaired) electrons. The lowest BCUT2D eigenvalue weighted by atomic mass is 10.0. The highest BCUT2D eigenvalue weighted by molar-refractivity contribution is 7.09. The van der Waals surface area contributed by atoms with Gasteiger partial charge in [0.15, 0.2) is 0 Å². The van der Waals surface area contributed by atoms with Crippen molar-refractivity contribution in [1.82, 2.24) is 9.88 Å². The normalized spacial score (nSPS) is 12.0. The lowest BCUT2D eigenvalue weighted by Gasteiger charge is -2.19. The molecule has 0 aliphatic heterocycles. The molecular weight excluding hydrogens is 304 g/mol. The molecule has 3 rings (SSSR count). The van der Waals surface area contributed by atoms with Crippen molar-refractivity contribution in [3.8, 4) is 0 Å². The number of carbonyl (C=O) groups is 1. The number of thiophene rings is 1. The van der Waals surface area contributed by atoms with Crippen LogP contribution in [0.15, 0.2) is 66.3 Å². The van der Waals surface area contributed by atoms with Crippen LogP contribution in [0.3, 0.4) is 0 Å². The lowest BCUT2D eigenvalue weighted by molar-refractivity contribution is -0.121. The first-order valence-electron chi connectivity index (χ1n) is 7.70. The zero-order valence-electron chi connectivity index (χ0n) is 13.1. The van der Waals surface area contributed by atoms with E-state index >= 15 is 0 Å². The van der Waals surface area contributed by atoms with Crippen LogP contribution in [-0.4, -0.2) is 10.5 Å². The summed E-state index contributed by atoms with van der Waals surface area (Å²) in [5, 5.41) is 5.04. The Morgan fingerprint density at radius 1 is 1.17 bits per heavy atom. The lowest BCUT2D eigenvalue weighted by Crippen LogP contribution is -2.26. The summed E-state index contributed by atoms with van der Waals surface area (Å²) in [4.78, 5) is 13.6. The van der Waals surface area contributed by atoms with Gasteiger partial charge in [-0.25, -0.2) is 0 Å². The molecule has 0 saturated heterocycles. The van der Waals surface area contributed by atoms with E-state index in [9.17, 15) is 4.79 Å². The predicted octanol–water partition coefficient (Wildman–Crippen LogP) is 4.15. The van der Waals surface area contributed by atoms with E-state index in [1.165, 1.54) is 10.4 Å². The molecule has 0 aliphatic carbocycles. The van der Waals surface area contributed by atoms with E-state index in [4.69, 9.17) is 0 Å². The minimum atomic E-state index is 0.0215. The SMILES string of the molecule is Cc1cccc([C@H](CC(=O)NCc2cccs2)n2cccc2)c1. The van der Waals surface area contributed by atoms with Gasteiger partial charge in [0.2, 0.25) is 5.91 Å². The summed E-state index contributed by atoms with van der Waals surface area (Å²) in [5.41, 5.74) is 2.37. The van der Waals surface area contributed by atoms with Gasteiger partial charge >= 0.3 is 0 Å². The number of aryl methyl sites for hydroxylation is 1. The Morgan fingerprint density at radius 2 is 2.00 bits per heavy atom. The van der Waals surface area contributed by atoms with Crippen molar-refractivity contribution in [3.63, 3.8) is 0 Å². The maximum Gasteiger partial charge on any atom is 0.222 e. The first kappa shape index (κ1) is 15.6. The molecule has 4 heteroatoms. The second-order valence-corrected chi connectivity index (χ2v) is 6.65. The predicted molar refractivity (Wildman–Crippen MR) is 94.5 cm³/mol. The molecule has 0 saturated carbocycles. The van der Waals surface area contributed by atoms with Crippen LogP contribution in [0.25, 0.3) is 0 Å². The van der Waals surface area contributed by atoms with Crippen LogP contribution in [0.4, 0.5) is 0 Å². The fraction of sp³-hybridized carbons (Fsp3) is 0.211. The summed E-state index contributed by atoms with van der Waals surface area (Å²) in [5.74, 6) is 0.0682. The highest BCUT2D eigenvalue weighted by Gasteiger charge is 2.17. The molecule has 0 fully saturated rings. The molecule has 3 aromatic rings. The largest absolute Gasteiger partial charge is 0.351 e. The Hall–Kier alpha value is -2.33. The van der Waals surface area contributed by atoms with Gasteiger partial charge in [0.05, 0.1) is 19.0 Å². The fourth-order valence-electron chi connectivity index (χ4n) is 2.68. The molecule has 0 bridgehead atoms. The third-order valence-corrected chi connectivity index (χ3v) is 4.71. The number of carbonyl (C=O) groups excluding carboxylic acids is 1. The van der Waals surface area contributed by atoms with E-state index < -0.39 is 0 Å². The Kier molecular flexibility index (Phi) is 4.93. The van der Waals surface area contributed by atoms with E-state index in [1.807, 2.05) is 48.1 Å². The Labute approximate surface area is 140 Å². The van der Waals surface area contributed by atoms with Crippen LogP contribution in [0.2, 0.25) is 0 Å². The van der Waals surface area contributed by atoms with Gasteiger partial charge < -0.3 is 9.88 Å². The summed E-state index contributed by atoms with van der Waals surface area (Å²) in [7, 11) is 0. The van der Waals surface area contributed by atoms with E-state index in [2.05, 4.69) is 35.0 Å². The molecule has 1 N–H and O–H groups in total. The van der Waals surface area contributed by atoms with Crippen molar-refractivity contribution < 1.29 is 4.79 Å². The highest BCUT2D eigenvalue weighted by Crippen LogP contribution is 2.23. The van der Waals surface area contributed by atoms with Crippen molar-refractivity contribution in [2.75, 3.05) is 0 Å². The van der Waals surface area contributed by atoms with Crippen molar-refractivity contribution >= 4 is 17.2 Å². The van der Waals surface area contributed by atoms with Crippen LogP contribution in [0, 0.1) is 6.92 Å². The quantitative estimate of drug-likeness (QED) is 0.726. The van der Waals surface area contributed by atoms with Crippen molar-refractivity contribution in [1.29, 1.82) is 0 Å². The first-order valence-corrected chi connectivity index (χ1v) is 8.58. The maximum atomic E-state index is 12.4. The maximum absolute atomic E-state index is 12.4. The first-order chi connectivity index (χ1) is 11.2. The number of nitrogens with zero attached hydrogens (tertiary/aromatic N) is 1. The number of aromatic nitrogens is 1. The number of hydrogen-bond donors (Lipinski definition) is 1. The molecule has 1 aromatic carbocycles. The molecular formula is C19H20N2OS. The van der Waals surface area contributed by atoms with Crippen molar-refractivity contribution in [2.24, 2.45) is 0 Å². The van der Waals surface area contributed by atoms with Gasteiger partial charge in [0.1, 0.15) is 0 Å². The van der Waals surface area contributed by atoms with Gasteiger partial charge in [0, 0.05) is 17.3 Å². The second-order valence-electron chi connectivity index (χ2n) is 5.62. The molecule has 1 amide bonds. The van der Waals surface area contributed by atoms with Crippen LogP contribution < -0.4 is 5.32 Å². The number of nitrogens with one attached hydrogen (secondary N) is 1. The summed E-state index contributed by atoms with van der Waals surface area (Å²) in [6.45, 7) is 2.68. The van der Waals surface area contributed by atoms with Gasteiger partial charge in [-0.05, 0) is 36.1 Å². The standard InChI is InChI=1S/C19H20N2OS/c1-15-6-4-7-16(12-15)18(21-9-2-3-10-21)13-19(22)20-14-17-8-5-11-23-17/h2-12,18H,13-14H2,1H3,(H,20,22)/t18-/m0/s1. The van der Waals surface area contributed by atoms with E-state index in [-0.39, 0.29) is 11.9 Å². The number of amides is 1. The molecule has 23 heavy (non-hydrogen) atoms. The minimum absolute atomic E-state index is 0.0215. The molecule has 2 heterocycles. The molecule has 0 spiro atoms.